The van der Waals surface area contributed by atoms with Gasteiger partial charge in [0.25, 0.3) is 0 Å². The molecule has 0 N–H and O–H groups in total. The summed E-state index contributed by atoms with van der Waals surface area (Å²) in [7, 11) is 0. The zero-order valence-corrected chi connectivity index (χ0v) is 8.36. The molecule has 1 unspecified atom stereocenters. The predicted molar refractivity (Wildman–Crippen MR) is 52.8 cm³/mol. The van der Waals surface area contributed by atoms with E-state index in [9.17, 15) is 0 Å². The lowest BCUT2D eigenvalue weighted by molar-refractivity contribution is 0.462. The molecular weight excluding hydrogens is 156 g/mol. The van der Waals surface area contributed by atoms with Gasteiger partial charge in [0.15, 0.2) is 0 Å². The summed E-state index contributed by atoms with van der Waals surface area (Å²) in [6.07, 6.45) is 5.19. The summed E-state index contributed by atoms with van der Waals surface area (Å²) in [5, 5.41) is 0.758. The summed E-state index contributed by atoms with van der Waals surface area (Å²) in [5.74, 6) is 1.19. The van der Waals surface area contributed by atoms with Crippen molar-refractivity contribution in [1.29, 1.82) is 0 Å². The van der Waals surface area contributed by atoms with Crippen LogP contribution in [0.5, 0.6) is 0 Å². The first-order valence-electron chi connectivity index (χ1n) is 4.04. The molecule has 0 aliphatic heterocycles. The highest BCUT2D eigenvalue weighted by Gasteiger charge is 2.08. The Morgan fingerprint density at radius 1 is 1.55 bits per heavy atom. The Kier molecular flexibility index (Phi) is 5.31. The predicted octanol–water partition coefficient (Wildman–Crippen LogP) is 3.98. The molecule has 2 atom stereocenters. The van der Waals surface area contributed by atoms with Crippen molar-refractivity contribution < 1.29 is 0 Å². The Bertz CT molecular complexity index is 147. The van der Waals surface area contributed by atoms with E-state index >= 15 is 0 Å². The van der Waals surface area contributed by atoms with Crippen molar-refractivity contribution in [2.75, 3.05) is 0 Å². The normalized spacial score (nSPS) is 16.7. The molecular formula is C10H17Cl. The molecule has 0 aromatic rings. The largest absolute Gasteiger partial charge is 0.0914 e. The van der Waals surface area contributed by atoms with E-state index in [0.29, 0.717) is 11.8 Å². The molecule has 0 saturated heterocycles. The summed E-state index contributed by atoms with van der Waals surface area (Å²) in [4.78, 5) is 0. The maximum absolute atomic E-state index is 5.70. The van der Waals surface area contributed by atoms with Gasteiger partial charge < -0.3 is 0 Å². The molecule has 11 heavy (non-hydrogen) atoms. The third-order valence-corrected chi connectivity index (χ3v) is 2.09. The number of allylic oxidation sites excluding steroid dienone is 3. The fourth-order valence-corrected chi connectivity index (χ4v) is 1.27. The minimum absolute atomic E-state index is 0.593. The first-order valence-corrected chi connectivity index (χ1v) is 4.41. The summed E-state index contributed by atoms with van der Waals surface area (Å²) >= 11 is 5.70. The van der Waals surface area contributed by atoms with Crippen molar-refractivity contribution in [1.82, 2.24) is 0 Å². The average Bonchev–Trinajstić information content (AvgIpc) is 1.86. The topological polar surface area (TPSA) is 0 Å². The number of halogens is 1. The van der Waals surface area contributed by atoms with Gasteiger partial charge in [0, 0.05) is 5.03 Å². The summed E-state index contributed by atoms with van der Waals surface area (Å²) < 4.78 is 0. The van der Waals surface area contributed by atoms with Crippen LogP contribution in [0.2, 0.25) is 0 Å². The van der Waals surface area contributed by atoms with Crippen molar-refractivity contribution in [3.63, 3.8) is 0 Å². The van der Waals surface area contributed by atoms with E-state index in [1.54, 1.807) is 0 Å². The molecule has 0 rings (SSSR count). The number of hydrogen-bond donors (Lipinski definition) is 0. The molecule has 0 heterocycles. The molecule has 0 aliphatic rings. The van der Waals surface area contributed by atoms with Crippen LogP contribution in [0.15, 0.2) is 23.8 Å². The zero-order valence-electron chi connectivity index (χ0n) is 7.60. The third kappa shape index (κ3) is 5.09. The molecule has 0 bridgehead atoms. The number of rotatable bonds is 4. The standard InChI is InChI=1S/C10H17Cl/c1-5-6-8(2)9(3)7-10(4)11/h5-6,8-9H,4,7H2,1-3H3/b6-5-/t8-,9?/m0/s1. The van der Waals surface area contributed by atoms with Crippen LogP contribution in [0.1, 0.15) is 27.2 Å². The van der Waals surface area contributed by atoms with E-state index in [1.165, 1.54) is 0 Å². The Morgan fingerprint density at radius 3 is 2.45 bits per heavy atom. The monoisotopic (exact) mass is 172 g/mol. The van der Waals surface area contributed by atoms with Crippen molar-refractivity contribution in [2.45, 2.75) is 27.2 Å². The Morgan fingerprint density at radius 2 is 2.09 bits per heavy atom. The van der Waals surface area contributed by atoms with Gasteiger partial charge in [-0.3, -0.25) is 0 Å². The summed E-state index contributed by atoms with van der Waals surface area (Å²) in [6, 6.07) is 0. The zero-order chi connectivity index (χ0) is 8.85. The van der Waals surface area contributed by atoms with E-state index in [0.717, 1.165) is 11.5 Å². The van der Waals surface area contributed by atoms with Gasteiger partial charge >= 0.3 is 0 Å². The molecule has 0 aromatic heterocycles. The van der Waals surface area contributed by atoms with Crippen LogP contribution in [0, 0.1) is 11.8 Å². The van der Waals surface area contributed by atoms with Crippen LogP contribution >= 0.6 is 11.6 Å². The second kappa shape index (κ2) is 5.42. The van der Waals surface area contributed by atoms with E-state index in [-0.39, 0.29) is 0 Å². The SMILES string of the molecule is C=C(Cl)CC(C)[C@@H](C)/C=C\C. The Balaban J connectivity index is 3.81. The average molecular weight is 173 g/mol. The molecule has 0 saturated carbocycles. The maximum Gasteiger partial charge on any atom is 0.0112 e. The molecule has 0 amide bonds. The van der Waals surface area contributed by atoms with Crippen LogP contribution < -0.4 is 0 Å². The lowest BCUT2D eigenvalue weighted by Gasteiger charge is -2.14. The van der Waals surface area contributed by atoms with Gasteiger partial charge in [0.05, 0.1) is 0 Å². The van der Waals surface area contributed by atoms with Gasteiger partial charge in [-0.1, -0.05) is 44.2 Å². The van der Waals surface area contributed by atoms with Gasteiger partial charge in [-0.2, -0.15) is 0 Å². The molecule has 0 aromatic carbocycles. The van der Waals surface area contributed by atoms with Crippen molar-refractivity contribution in [3.8, 4) is 0 Å². The van der Waals surface area contributed by atoms with Crippen LogP contribution in [0.3, 0.4) is 0 Å². The van der Waals surface area contributed by atoms with Gasteiger partial charge in [-0.05, 0) is 25.2 Å². The smallest absolute Gasteiger partial charge is 0.0112 e. The molecule has 0 aliphatic carbocycles. The number of hydrogen-bond acceptors (Lipinski definition) is 0. The van der Waals surface area contributed by atoms with Crippen LogP contribution in [0.25, 0.3) is 0 Å². The van der Waals surface area contributed by atoms with E-state index in [1.807, 2.05) is 6.92 Å². The summed E-state index contributed by atoms with van der Waals surface area (Å²) in [6.45, 7) is 10.1. The quantitative estimate of drug-likeness (QED) is 0.563. The molecule has 0 nitrogen and oxygen atoms in total. The molecule has 0 radical (unpaired) electrons. The van der Waals surface area contributed by atoms with Gasteiger partial charge in [0.2, 0.25) is 0 Å². The van der Waals surface area contributed by atoms with Gasteiger partial charge in [0.1, 0.15) is 0 Å². The molecule has 0 spiro atoms. The van der Waals surface area contributed by atoms with E-state index in [2.05, 4.69) is 32.6 Å². The fourth-order valence-electron chi connectivity index (χ4n) is 1.03. The van der Waals surface area contributed by atoms with Crippen molar-refractivity contribution in [2.24, 2.45) is 11.8 Å². The van der Waals surface area contributed by atoms with Gasteiger partial charge in [-0.25, -0.2) is 0 Å². The second-order valence-corrected chi connectivity index (χ2v) is 3.62. The minimum Gasteiger partial charge on any atom is -0.0914 e. The Hall–Kier alpha value is -0.230. The van der Waals surface area contributed by atoms with E-state index in [4.69, 9.17) is 11.6 Å². The van der Waals surface area contributed by atoms with Crippen LogP contribution in [-0.2, 0) is 0 Å². The highest BCUT2D eigenvalue weighted by atomic mass is 35.5. The lowest BCUT2D eigenvalue weighted by atomic mass is 9.92. The highest BCUT2D eigenvalue weighted by Crippen LogP contribution is 2.21. The molecule has 1 heteroatoms. The fraction of sp³-hybridized carbons (Fsp3) is 0.600. The first kappa shape index (κ1) is 10.8. The van der Waals surface area contributed by atoms with Crippen LogP contribution in [-0.4, -0.2) is 0 Å². The highest BCUT2D eigenvalue weighted by molar-refractivity contribution is 6.29. The van der Waals surface area contributed by atoms with Gasteiger partial charge in [-0.15, -0.1) is 0 Å². The van der Waals surface area contributed by atoms with E-state index < -0.39 is 0 Å². The van der Waals surface area contributed by atoms with Crippen LogP contribution in [0.4, 0.5) is 0 Å². The Labute approximate surface area is 74.9 Å². The molecule has 64 valence electrons. The second-order valence-electron chi connectivity index (χ2n) is 3.08. The van der Waals surface area contributed by atoms with Crippen molar-refractivity contribution >= 4 is 11.6 Å². The first-order chi connectivity index (χ1) is 5.07. The van der Waals surface area contributed by atoms with Crippen molar-refractivity contribution in [3.05, 3.63) is 23.8 Å². The lowest BCUT2D eigenvalue weighted by Crippen LogP contribution is -2.04. The third-order valence-electron chi connectivity index (χ3n) is 1.94. The minimum atomic E-state index is 0.593. The summed E-state index contributed by atoms with van der Waals surface area (Å²) in [5.41, 5.74) is 0. The molecule has 0 fully saturated rings. The maximum atomic E-state index is 5.70.